The third-order valence-electron chi connectivity index (χ3n) is 3.66. The second kappa shape index (κ2) is 7.06. The van der Waals surface area contributed by atoms with Crippen LogP contribution in [0, 0.1) is 13.8 Å². The van der Waals surface area contributed by atoms with Crippen LogP contribution in [0.25, 0.3) is 10.6 Å². The van der Waals surface area contributed by atoms with Crippen LogP contribution in [-0.2, 0) is 7.05 Å². The van der Waals surface area contributed by atoms with Crippen molar-refractivity contribution >= 4 is 23.1 Å². The fraction of sp³-hybridized carbons (Fsp3) is 0.278. The van der Waals surface area contributed by atoms with E-state index in [4.69, 9.17) is 4.74 Å². The molecule has 130 valence electrons. The van der Waals surface area contributed by atoms with Gasteiger partial charge in [0.2, 0.25) is 0 Å². The number of aryl methyl sites for hydroxylation is 3. The van der Waals surface area contributed by atoms with Gasteiger partial charge in [-0.1, -0.05) is 0 Å². The monoisotopic (exact) mass is 356 g/mol. The number of ether oxygens (including phenoxy) is 1. The number of carbonyl (C=O) groups is 1. The van der Waals surface area contributed by atoms with Gasteiger partial charge in [-0.3, -0.25) is 9.48 Å². The maximum absolute atomic E-state index is 12.6. The van der Waals surface area contributed by atoms with Gasteiger partial charge < -0.3 is 10.1 Å². The zero-order valence-electron chi connectivity index (χ0n) is 14.7. The number of thiazole rings is 1. The van der Waals surface area contributed by atoms with Crippen molar-refractivity contribution in [2.75, 3.05) is 11.9 Å². The lowest BCUT2D eigenvalue weighted by Gasteiger charge is -2.03. The first-order valence-corrected chi connectivity index (χ1v) is 8.82. The van der Waals surface area contributed by atoms with E-state index in [9.17, 15) is 4.79 Å². The SMILES string of the molecule is CCOc1ccc(-c2nc(C)c(C(=O)Nc3cc(C)nn3C)s2)cc1. The van der Waals surface area contributed by atoms with E-state index in [0.717, 1.165) is 22.0 Å². The summed E-state index contributed by atoms with van der Waals surface area (Å²) in [5.74, 6) is 1.32. The molecule has 1 N–H and O–H groups in total. The largest absolute Gasteiger partial charge is 0.494 e. The van der Waals surface area contributed by atoms with Gasteiger partial charge >= 0.3 is 0 Å². The van der Waals surface area contributed by atoms with E-state index in [1.807, 2.05) is 51.1 Å². The molecule has 0 aliphatic heterocycles. The highest BCUT2D eigenvalue weighted by Crippen LogP contribution is 2.29. The van der Waals surface area contributed by atoms with Crippen LogP contribution >= 0.6 is 11.3 Å². The Morgan fingerprint density at radius 3 is 2.60 bits per heavy atom. The number of nitrogens with one attached hydrogen (secondary N) is 1. The van der Waals surface area contributed by atoms with Crippen LogP contribution in [-0.4, -0.2) is 27.3 Å². The second-order valence-corrected chi connectivity index (χ2v) is 6.64. The molecule has 6 nitrogen and oxygen atoms in total. The van der Waals surface area contributed by atoms with E-state index >= 15 is 0 Å². The summed E-state index contributed by atoms with van der Waals surface area (Å²) in [5.41, 5.74) is 2.53. The molecule has 2 heterocycles. The average molecular weight is 356 g/mol. The highest BCUT2D eigenvalue weighted by molar-refractivity contribution is 7.17. The molecule has 0 radical (unpaired) electrons. The van der Waals surface area contributed by atoms with Crippen LogP contribution in [0.5, 0.6) is 5.75 Å². The predicted molar refractivity (Wildman–Crippen MR) is 99.4 cm³/mol. The van der Waals surface area contributed by atoms with Crippen LogP contribution in [0.4, 0.5) is 5.82 Å². The van der Waals surface area contributed by atoms with Crippen molar-refractivity contribution in [3.63, 3.8) is 0 Å². The Morgan fingerprint density at radius 1 is 1.28 bits per heavy atom. The molecule has 0 spiro atoms. The molecule has 3 rings (SSSR count). The van der Waals surface area contributed by atoms with Crippen molar-refractivity contribution in [1.29, 1.82) is 0 Å². The van der Waals surface area contributed by atoms with Crippen LogP contribution in [0.3, 0.4) is 0 Å². The van der Waals surface area contributed by atoms with Crippen molar-refractivity contribution in [1.82, 2.24) is 14.8 Å². The van der Waals surface area contributed by atoms with E-state index in [0.29, 0.717) is 23.0 Å². The fourth-order valence-corrected chi connectivity index (χ4v) is 3.46. The van der Waals surface area contributed by atoms with E-state index in [2.05, 4.69) is 15.4 Å². The quantitative estimate of drug-likeness (QED) is 0.755. The smallest absolute Gasteiger partial charge is 0.268 e. The maximum atomic E-state index is 12.6. The number of carbonyl (C=O) groups excluding carboxylic acids is 1. The summed E-state index contributed by atoms with van der Waals surface area (Å²) < 4.78 is 7.10. The van der Waals surface area contributed by atoms with Crippen molar-refractivity contribution in [3.05, 3.63) is 46.6 Å². The normalized spacial score (nSPS) is 10.7. The van der Waals surface area contributed by atoms with Crippen molar-refractivity contribution in [2.24, 2.45) is 7.05 Å². The molecule has 3 aromatic rings. The summed E-state index contributed by atoms with van der Waals surface area (Å²) in [6.45, 7) is 6.32. The number of aromatic nitrogens is 3. The Hall–Kier alpha value is -2.67. The minimum Gasteiger partial charge on any atom is -0.494 e. The number of anilines is 1. The van der Waals surface area contributed by atoms with Crippen LogP contribution in [0.15, 0.2) is 30.3 Å². The Morgan fingerprint density at radius 2 is 2.00 bits per heavy atom. The van der Waals surface area contributed by atoms with Crippen LogP contribution in [0.1, 0.15) is 28.0 Å². The summed E-state index contributed by atoms with van der Waals surface area (Å²) >= 11 is 1.38. The fourth-order valence-electron chi connectivity index (χ4n) is 2.49. The molecule has 1 amide bonds. The predicted octanol–water partition coefficient (Wildman–Crippen LogP) is 3.81. The van der Waals surface area contributed by atoms with E-state index in [1.54, 1.807) is 11.7 Å². The van der Waals surface area contributed by atoms with Crippen molar-refractivity contribution in [2.45, 2.75) is 20.8 Å². The molecule has 0 unspecified atom stereocenters. The molecular weight excluding hydrogens is 336 g/mol. The number of benzene rings is 1. The lowest BCUT2D eigenvalue weighted by Crippen LogP contribution is -2.14. The molecule has 0 fully saturated rings. The molecular formula is C18H20N4O2S. The number of nitrogens with zero attached hydrogens (tertiary/aromatic N) is 3. The average Bonchev–Trinajstić information content (AvgIpc) is 3.11. The zero-order valence-corrected chi connectivity index (χ0v) is 15.5. The molecule has 0 aliphatic rings. The van der Waals surface area contributed by atoms with Gasteiger partial charge in [0.1, 0.15) is 21.5 Å². The molecule has 0 saturated carbocycles. The summed E-state index contributed by atoms with van der Waals surface area (Å²) in [4.78, 5) is 17.7. The van der Waals surface area contributed by atoms with Gasteiger partial charge in [0.15, 0.2) is 0 Å². The molecule has 0 atom stereocenters. The lowest BCUT2D eigenvalue weighted by atomic mass is 10.2. The first-order chi connectivity index (χ1) is 12.0. The summed E-state index contributed by atoms with van der Waals surface area (Å²) in [5, 5.41) is 7.94. The minimum atomic E-state index is -0.171. The van der Waals surface area contributed by atoms with Gasteiger partial charge in [-0.15, -0.1) is 11.3 Å². The van der Waals surface area contributed by atoms with Crippen molar-refractivity contribution < 1.29 is 9.53 Å². The van der Waals surface area contributed by atoms with Gasteiger partial charge in [-0.05, 0) is 45.0 Å². The standard InChI is InChI=1S/C18H20N4O2S/c1-5-24-14-8-6-13(7-9-14)18-19-12(3)16(25-18)17(23)20-15-10-11(2)21-22(15)4/h6-10H,5H2,1-4H3,(H,20,23). The Labute approximate surface area is 150 Å². The minimum absolute atomic E-state index is 0.171. The van der Waals surface area contributed by atoms with Crippen LogP contribution in [0.2, 0.25) is 0 Å². The van der Waals surface area contributed by atoms with Crippen molar-refractivity contribution in [3.8, 4) is 16.3 Å². The Bertz CT molecular complexity index is 896. The lowest BCUT2D eigenvalue weighted by molar-refractivity contribution is 0.102. The number of hydrogen-bond acceptors (Lipinski definition) is 5. The number of rotatable bonds is 5. The first-order valence-electron chi connectivity index (χ1n) is 8.00. The topological polar surface area (TPSA) is 69.0 Å². The molecule has 1 aromatic carbocycles. The Balaban J connectivity index is 1.82. The zero-order chi connectivity index (χ0) is 18.0. The molecule has 2 aromatic heterocycles. The molecule has 0 bridgehead atoms. The summed E-state index contributed by atoms with van der Waals surface area (Å²) in [6.07, 6.45) is 0. The van der Waals surface area contributed by atoms with E-state index in [-0.39, 0.29) is 5.91 Å². The highest BCUT2D eigenvalue weighted by atomic mass is 32.1. The van der Waals surface area contributed by atoms with Gasteiger partial charge in [0, 0.05) is 18.7 Å². The maximum Gasteiger partial charge on any atom is 0.268 e. The molecule has 25 heavy (non-hydrogen) atoms. The Kier molecular flexibility index (Phi) is 4.85. The number of hydrogen-bond donors (Lipinski definition) is 1. The first kappa shape index (κ1) is 17.2. The molecule has 7 heteroatoms. The third kappa shape index (κ3) is 3.71. The van der Waals surface area contributed by atoms with Gasteiger partial charge in [0.25, 0.3) is 5.91 Å². The molecule has 0 saturated heterocycles. The van der Waals surface area contributed by atoms with Gasteiger partial charge in [0.05, 0.1) is 18.0 Å². The van der Waals surface area contributed by atoms with Gasteiger partial charge in [-0.2, -0.15) is 5.10 Å². The second-order valence-electron chi connectivity index (χ2n) is 5.64. The summed E-state index contributed by atoms with van der Waals surface area (Å²) in [7, 11) is 1.80. The van der Waals surface area contributed by atoms with E-state index < -0.39 is 0 Å². The third-order valence-corrected chi connectivity index (χ3v) is 4.86. The molecule has 0 aliphatic carbocycles. The highest BCUT2D eigenvalue weighted by Gasteiger charge is 2.17. The van der Waals surface area contributed by atoms with E-state index in [1.165, 1.54) is 11.3 Å². The van der Waals surface area contributed by atoms with Gasteiger partial charge in [-0.25, -0.2) is 4.98 Å². The number of amides is 1. The summed E-state index contributed by atoms with van der Waals surface area (Å²) in [6, 6.07) is 9.56. The van der Waals surface area contributed by atoms with Crippen LogP contribution < -0.4 is 10.1 Å².